The highest BCUT2D eigenvalue weighted by Crippen LogP contribution is 2.25. The van der Waals surface area contributed by atoms with Gasteiger partial charge >= 0.3 is 0 Å². The molecule has 178 valence electrons. The Balaban J connectivity index is 1.61. The highest BCUT2D eigenvalue weighted by molar-refractivity contribution is 7.92. The molecule has 0 aliphatic heterocycles. The fourth-order valence-corrected chi connectivity index (χ4v) is 3.87. The molecular weight excluding hydrogens is 454 g/mol. The molecule has 9 heteroatoms. The van der Waals surface area contributed by atoms with Crippen LogP contribution in [-0.4, -0.2) is 33.7 Å². The molecule has 0 saturated carbocycles. The maximum absolute atomic E-state index is 12.5. The van der Waals surface area contributed by atoms with Crippen molar-refractivity contribution in [3.05, 3.63) is 91.0 Å². The van der Waals surface area contributed by atoms with Gasteiger partial charge in [0.1, 0.15) is 23.8 Å². The highest BCUT2D eigenvalue weighted by atomic mass is 32.2. The van der Waals surface area contributed by atoms with E-state index in [1.807, 2.05) is 37.3 Å². The molecule has 3 rings (SSSR count). The topological polar surface area (TPSA) is 97.0 Å². The maximum atomic E-state index is 12.5. The van der Waals surface area contributed by atoms with Gasteiger partial charge in [-0.05, 0) is 73.2 Å². The molecule has 0 aliphatic rings. The average Bonchev–Trinajstić information content (AvgIpc) is 2.82. The van der Waals surface area contributed by atoms with E-state index in [1.54, 1.807) is 48.5 Å². The zero-order chi connectivity index (χ0) is 24.6. The van der Waals surface area contributed by atoms with Crippen LogP contribution in [0.1, 0.15) is 12.5 Å². The fourth-order valence-electron chi connectivity index (χ4n) is 3.01. The second-order valence-corrected chi connectivity index (χ2v) is 9.19. The van der Waals surface area contributed by atoms with E-state index >= 15 is 0 Å². The third-order valence-corrected chi connectivity index (χ3v) is 5.80. The van der Waals surface area contributed by atoms with E-state index in [1.165, 1.54) is 0 Å². The van der Waals surface area contributed by atoms with Crippen LogP contribution in [-0.2, 0) is 14.8 Å². The quantitative estimate of drug-likeness (QED) is 0.403. The lowest BCUT2D eigenvalue weighted by atomic mass is 10.2. The van der Waals surface area contributed by atoms with Gasteiger partial charge in [-0.25, -0.2) is 8.42 Å². The number of carbonyl (C=O) groups is 1. The number of sulfonamides is 1. The number of hydrogen-bond acceptors (Lipinski definition) is 6. The number of anilines is 1. The van der Waals surface area contributed by atoms with Gasteiger partial charge in [-0.15, -0.1) is 0 Å². The molecule has 8 nitrogen and oxygen atoms in total. The number of carbonyl (C=O) groups excluding carboxylic acids is 1. The van der Waals surface area contributed by atoms with Gasteiger partial charge < -0.3 is 9.47 Å². The summed E-state index contributed by atoms with van der Waals surface area (Å²) in [5.74, 6) is 1.38. The number of nitrogens with zero attached hydrogens (tertiary/aromatic N) is 1. The summed E-state index contributed by atoms with van der Waals surface area (Å²) in [5.41, 5.74) is 6.74. The van der Waals surface area contributed by atoms with Crippen molar-refractivity contribution in [3.63, 3.8) is 0 Å². The number of hydrogen-bond donors (Lipinski definition) is 2. The number of amides is 1. The van der Waals surface area contributed by atoms with Crippen molar-refractivity contribution in [2.75, 3.05) is 23.7 Å². The molecule has 34 heavy (non-hydrogen) atoms. The van der Waals surface area contributed by atoms with Gasteiger partial charge in [0, 0.05) is 0 Å². The van der Waals surface area contributed by atoms with Crippen molar-refractivity contribution in [2.24, 2.45) is 0 Å². The smallest absolute Gasteiger partial charge is 0.259 e. The molecule has 3 aromatic rings. The molecule has 1 amide bonds. The molecule has 0 unspecified atom stereocenters. The summed E-state index contributed by atoms with van der Waals surface area (Å²) in [5, 5.41) is 0. The molecule has 0 aliphatic carbocycles. The molecule has 2 N–H and O–H groups in total. The number of hydrazine groups is 1. The molecule has 0 atom stereocenters. The van der Waals surface area contributed by atoms with E-state index in [4.69, 9.17) is 9.47 Å². The Kier molecular flexibility index (Phi) is 8.15. The molecule has 0 saturated heterocycles. The SMILES string of the molecule is C=C(NNC(=O)CN(c1ccc(Oc2ccccc2)cc1)S(C)(=O)=O)c1ccc(OCC)cc1. The first kappa shape index (κ1) is 24.7. The summed E-state index contributed by atoms with van der Waals surface area (Å²) in [6.45, 7) is 5.94. The molecular formula is C25H27N3O5S. The van der Waals surface area contributed by atoms with E-state index in [0.29, 0.717) is 29.5 Å². The van der Waals surface area contributed by atoms with Gasteiger partial charge in [0.25, 0.3) is 5.91 Å². The van der Waals surface area contributed by atoms with Gasteiger partial charge in [0.2, 0.25) is 10.0 Å². The molecule has 0 bridgehead atoms. The van der Waals surface area contributed by atoms with Crippen LogP contribution in [0.15, 0.2) is 85.4 Å². The maximum Gasteiger partial charge on any atom is 0.259 e. The lowest BCUT2D eigenvalue weighted by molar-refractivity contribution is -0.120. The largest absolute Gasteiger partial charge is 0.494 e. The zero-order valence-corrected chi connectivity index (χ0v) is 19.8. The minimum atomic E-state index is -3.72. The minimum Gasteiger partial charge on any atom is -0.494 e. The zero-order valence-electron chi connectivity index (χ0n) is 19.0. The Morgan fingerprint density at radius 1 is 0.882 bits per heavy atom. The highest BCUT2D eigenvalue weighted by Gasteiger charge is 2.21. The van der Waals surface area contributed by atoms with Crippen LogP contribution >= 0.6 is 0 Å². The van der Waals surface area contributed by atoms with Crippen molar-refractivity contribution < 1.29 is 22.7 Å². The Hall–Kier alpha value is -3.98. The standard InChI is InChI=1S/C25H27N3O5S/c1-4-32-22-14-10-20(11-15-22)19(2)26-27-25(29)18-28(34(3,30)31)21-12-16-24(17-13-21)33-23-8-6-5-7-9-23/h5-17,26H,2,4,18H2,1,3H3,(H,27,29). The summed E-state index contributed by atoms with van der Waals surface area (Å²) in [6, 6.07) is 22.9. The van der Waals surface area contributed by atoms with Crippen LogP contribution < -0.4 is 24.6 Å². The van der Waals surface area contributed by atoms with Crippen molar-refractivity contribution in [1.29, 1.82) is 0 Å². The first-order valence-corrected chi connectivity index (χ1v) is 12.4. The van der Waals surface area contributed by atoms with Gasteiger partial charge in [0.15, 0.2) is 0 Å². The lowest BCUT2D eigenvalue weighted by Gasteiger charge is -2.22. The Labute approximate surface area is 199 Å². The second kappa shape index (κ2) is 11.2. The predicted molar refractivity (Wildman–Crippen MR) is 133 cm³/mol. The summed E-state index contributed by atoms with van der Waals surface area (Å²) in [6.07, 6.45) is 1.04. The monoisotopic (exact) mass is 481 g/mol. The summed E-state index contributed by atoms with van der Waals surface area (Å²) in [4.78, 5) is 12.5. The molecule has 0 fully saturated rings. The number of ether oxygens (including phenoxy) is 2. The van der Waals surface area contributed by atoms with Crippen molar-refractivity contribution >= 4 is 27.3 Å². The average molecular weight is 482 g/mol. The van der Waals surface area contributed by atoms with Crippen LogP contribution in [0.5, 0.6) is 17.2 Å². The fraction of sp³-hybridized carbons (Fsp3) is 0.160. The van der Waals surface area contributed by atoms with Crippen molar-refractivity contribution in [1.82, 2.24) is 10.9 Å². The lowest BCUT2D eigenvalue weighted by Crippen LogP contribution is -2.44. The van der Waals surface area contributed by atoms with Gasteiger partial charge in [-0.2, -0.15) is 0 Å². The molecule has 0 radical (unpaired) electrons. The normalized spacial score (nSPS) is 10.8. The number of para-hydroxylation sites is 1. The van der Waals surface area contributed by atoms with Gasteiger partial charge in [0.05, 0.1) is 24.2 Å². The van der Waals surface area contributed by atoms with Crippen LogP contribution in [0.4, 0.5) is 5.69 Å². The molecule has 0 spiro atoms. The third-order valence-electron chi connectivity index (χ3n) is 4.66. The summed E-state index contributed by atoms with van der Waals surface area (Å²) >= 11 is 0. The first-order chi connectivity index (χ1) is 16.3. The second-order valence-electron chi connectivity index (χ2n) is 7.29. The van der Waals surface area contributed by atoms with Gasteiger partial charge in [-0.3, -0.25) is 20.0 Å². The minimum absolute atomic E-state index is 0.336. The third kappa shape index (κ3) is 7.01. The van der Waals surface area contributed by atoms with Crippen molar-refractivity contribution in [2.45, 2.75) is 6.92 Å². The number of benzene rings is 3. The first-order valence-electron chi connectivity index (χ1n) is 10.5. The van der Waals surface area contributed by atoms with E-state index in [0.717, 1.165) is 21.9 Å². The summed E-state index contributed by atoms with van der Waals surface area (Å²) < 4.78 is 36.9. The molecule has 3 aromatic carbocycles. The van der Waals surface area contributed by atoms with Crippen LogP contribution in [0.2, 0.25) is 0 Å². The number of nitrogens with one attached hydrogen (secondary N) is 2. The van der Waals surface area contributed by atoms with Crippen molar-refractivity contribution in [3.8, 4) is 17.2 Å². The predicted octanol–water partition coefficient (Wildman–Crippen LogP) is 3.94. The van der Waals surface area contributed by atoms with E-state index in [2.05, 4.69) is 17.4 Å². The van der Waals surface area contributed by atoms with Gasteiger partial charge in [-0.1, -0.05) is 24.8 Å². The van der Waals surface area contributed by atoms with Crippen LogP contribution in [0.25, 0.3) is 5.70 Å². The summed E-state index contributed by atoms with van der Waals surface area (Å²) in [7, 11) is -3.72. The Morgan fingerprint density at radius 2 is 1.47 bits per heavy atom. The molecule has 0 aromatic heterocycles. The van der Waals surface area contributed by atoms with E-state index in [9.17, 15) is 13.2 Å². The van der Waals surface area contributed by atoms with Crippen LogP contribution in [0, 0.1) is 0 Å². The molecule has 0 heterocycles. The van der Waals surface area contributed by atoms with E-state index < -0.39 is 22.5 Å². The number of rotatable bonds is 11. The van der Waals surface area contributed by atoms with E-state index in [-0.39, 0.29) is 0 Å². The Bertz CT molecular complexity index is 1210. The van der Waals surface area contributed by atoms with Crippen LogP contribution in [0.3, 0.4) is 0 Å². The Morgan fingerprint density at radius 3 is 2.06 bits per heavy atom.